The number of nitrogens with zero attached hydrogens (tertiary/aromatic N) is 2. The fourth-order valence-corrected chi connectivity index (χ4v) is 3.30. The van der Waals surface area contributed by atoms with Crippen LogP contribution in [0.1, 0.15) is 5.69 Å². The Bertz CT molecular complexity index is 913. The number of hydrogen-bond acceptors (Lipinski definition) is 6. The summed E-state index contributed by atoms with van der Waals surface area (Å²) in [6.45, 7) is 0.119. The van der Waals surface area contributed by atoms with Crippen LogP contribution in [0.15, 0.2) is 47.8 Å². The largest absolute Gasteiger partial charge is 0.496 e. The molecule has 0 aliphatic carbocycles. The molecule has 0 aliphatic heterocycles. The van der Waals surface area contributed by atoms with Crippen molar-refractivity contribution in [2.24, 2.45) is 0 Å². The minimum atomic E-state index is -0.506. The summed E-state index contributed by atoms with van der Waals surface area (Å²) in [6, 6.07) is 11.9. The molecular formula is C17H13ClN2O4S. The summed E-state index contributed by atoms with van der Waals surface area (Å²) in [5, 5.41) is 14.4. The molecular weight excluding hydrogens is 364 g/mol. The number of rotatable bonds is 6. The van der Waals surface area contributed by atoms with Gasteiger partial charge in [-0.25, -0.2) is 4.98 Å². The van der Waals surface area contributed by atoms with Gasteiger partial charge in [0.2, 0.25) is 0 Å². The first-order chi connectivity index (χ1) is 12.1. The lowest BCUT2D eigenvalue weighted by molar-refractivity contribution is -0.386. The Balaban J connectivity index is 1.77. The lowest BCUT2D eigenvalue weighted by Gasteiger charge is -2.06. The van der Waals surface area contributed by atoms with Gasteiger partial charge in [-0.15, -0.1) is 11.3 Å². The zero-order valence-corrected chi connectivity index (χ0v) is 14.7. The number of hydrogen-bond donors (Lipinski definition) is 0. The van der Waals surface area contributed by atoms with Crippen LogP contribution in [0.3, 0.4) is 0 Å². The molecule has 0 saturated carbocycles. The minimum absolute atomic E-state index is 0.119. The van der Waals surface area contributed by atoms with E-state index < -0.39 is 4.92 Å². The van der Waals surface area contributed by atoms with Gasteiger partial charge >= 0.3 is 5.69 Å². The molecule has 8 heteroatoms. The van der Waals surface area contributed by atoms with Crippen molar-refractivity contribution in [3.63, 3.8) is 0 Å². The van der Waals surface area contributed by atoms with Crippen LogP contribution in [0.5, 0.6) is 11.5 Å². The summed E-state index contributed by atoms with van der Waals surface area (Å²) in [4.78, 5) is 15.1. The predicted octanol–water partition coefficient (Wildman–Crippen LogP) is 4.96. The van der Waals surface area contributed by atoms with Crippen LogP contribution in [0.25, 0.3) is 10.6 Å². The van der Waals surface area contributed by atoms with Crippen molar-refractivity contribution in [3.8, 4) is 22.1 Å². The number of benzene rings is 2. The Morgan fingerprint density at radius 3 is 2.80 bits per heavy atom. The number of ether oxygens (including phenoxy) is 2. The molecule has 0 fully saturated rings. The average molecular weight is 377 g/mol. The molecule has 0 aliphatic rings. The smallest absolute Gasteiger partial charge is 0.314 e. The third-order valence-electron chi connectivity index (χ3n) is 3.39. The molecule has 1 aromatic heterocycles. The summed E-state index contributed by atoms with van der Waals surface area (Å²) >= 11 is 7.61. The van der Waals surface area contributed by atoms with Crippen molar-refractivity contribution in [2.45, 2.75) is 6.61 Å². The van der Waals surface area contributed by atoms with Crippen LogP contribution in [0.2, 0.25) is 5.02 Å². The Kier molecular flexibility index (Phi) is 5.16. The number of nitro benzene ring substituents is 1. The highest BCUT2D eigenvalue weighted by Gasteiger charge is 2.17. The quantitative estimate of drug-likeness (QED) is 0.449. The van der Waals surface area contributed by atoms with E-state index in [0.29, 0.717) is 16.5 Å². The second-order valence-electron chi connectivity index (χ2n) is 5.00. The van der Waals surface area contributed by atoms with Crippen LogP contribution in [-0.2, 0) is 6.61 Å². The fourth-order valence-electron chi connectivity index (χ4n) is 2.17. The minimum Gasteiger partial charge on any atom is -0.496 e. The number of nitro groups is 1. The molecule has 0 saturated heterocycles. The van der Waals surface area contributed by atoms with E-state index in [0.717, 1.165) is 10.6 Å². The van der Waals surface area contributed by atoms with Crippen molar-refractivity contribution in [3.05, 3.63) is 68.7 Å². The van der Waals surface area contributed by atoms with Crippen molar-refractivity contribution in [2.75, 3.05) is 7.11 Å². The maximum Gasteiger partial charge on any atom is 0.314 e. The van der Waals surface area contributed by atoms with Gasteiger partial charge in [0.05, 0.1) is 28.8 Å². The Labute approximate surface area is 152 Å². The van der Waals surface area contributed by atoms with Crippen LogP contribution < -0.4 is 9.47 Å². The topological polar surface area (TPSA) is 74.5 Å². The molecule has 0 N–H and O–H groups in total. The Hall–Kier alpha value is -2.64. The first kappa shape index (κ1) is 17.2. The molecule has 6 nitrogen and oxygen atoms in total. The molecule has 0 amide bonds. The standard InChI is InChI=1S/C17H13ClN2O4S/c1-23-12-6-7-16(15(8-12)20(21)22)24-9-11-10-25-17(19-11)13-4-2-3-5-14(13)18/h2-8,10H,9H2,1H3. The van der Waals surface area contributed by atoms with Crippen LogP contribution >= 0.6 is 22.9 Å². The van der Waals surface area contributed by atoms with Crippen molar-refractivity contribution < 1.29 is 14.4 Å². The van der Waals surface area contributed by atoms with E-state index in [1.807, 2.05) is 23.6 Å². The van der Waals surface area contributed by atoms with Gasteiger partial charge in [-0.05, 0) is 18.2 Å². The zero-order valence-electron chi connectivity index (χ0n) is 13.1. The maximum atomic E-state index is 11.2. The second kappa shape index (κ2) is 7.50. The normalized spacial score (nSPS) is 10.5. The van der Waals surface area contributed by atoms with Gasteiger partial charge in [-0.1, -0.05) is 29.8 Å². The third-order valence-corrected chi connectivity index (χ3v) is 4.65. The fraction of sp³-hybridized carbons (Fsp3) is 0.118. The van der Waals surface area contributed by atoms with E-state index >= 15 is 0 Å². The van der Waals surface area contributed by atoms with E-state index in [9.17, 15) is 10.1 Å². The van der Waals surface area contributed by atoms with Crippen molar-refractivity contribution in [1.29, 1.82) is 0 Å². The van der Waals surface area contributed by atoms with Gasteiger partial charge in [0.1, 0.15) is 17.4 Å². The van der Waals surface area contributed by atoms with Gasteiger partial charge in [0, 0.05) is 10.9 Å². The lowest BCUT2D eigenvalue weighted by Crippen LogP contribution is -2.00. The molecule has 0 bridgehead atoms. The summed E-state index contributed by atoms with van der Waals surface area (Å²) < 4.78 is 10.6. The molecule has 2 aromatic carbocycles. The second-order valence-corrected chi connectivity index (χ2v) is 6.27. The maximum absolute atomic E-state index is 11.2. The zero-order chi connectivity index (χ0) is 17.8. The van der Waals surface area contributed by atoms with Crippen molar-refractivity contribution in [1.82, 2.24) is 4.98 Å². The molecule has 1 heterocycles. The molecule has 25 heavy (non-hydrogen) atoms. The van der Waals surface area contributed by atoms with Gasteiger partial charge in [0.25, 0.3) is 0 Å². The Morgan fingerprint density at radius 2 is 2.08 bits per heavy atom. The van der Waals surface area contributed by atoms with Gasteiger partial charge in [-0.2, -0.15) is 0 Å². The van der Waals surface area contributed by atoms with Gasteiger partial charge < -0.3 is 9.47 Å². The first-order valence-electron chi connectivity index (χ1n) is 7.23. The number of aromatic nitrogens is 1. The molecule has 0 radical (unpaired) electrons. The summed E-state index contributed by atoms with van der Waals surface area (Å²) in [6.07, 6.45) is 0. The molecule has 3 aromatic rings. The van der Waals surface area contributed by atoms with E-state index in [-0.39, 0.29) is 18.0 Å². The van der Waals surface area contributed by atoms with Crippen LogP contribution in [0.4, 0.5) is 5.69 Å². The first-order valence-corrected chi connectivity index (χ1v) is 8.49. The number of methoxy groups -OCH3 is 1. The molecule has 3 rings (SSSR count). The van der Waals surface area contributed by atoms with Crippen LogP contribution in [-0.4, -0.2) is 17.0 Å². The molecule has 0 atom stereocenters. The van der Waals surface area contributed by atoms with Gasteiger partial charge in [0.15, 0.2) is 5.75 Å². The van der Waals surface area contributed by atoms with Gasteiger partial charge in [-0.3, -0.25) is 10.1 Å². The summed E-state index contributed by atoms with van der Waals surface area (Å²) in [5.74, 6) is 0.562. The highest BCUT2D eigenvalue weighted by Crippen LogP contribution is 2.33. The molecule has 0 unspecified atom stereocenters. The Morgan fingerprint density at radius 1 is 1.28 bits per heavy atom. The monoisotopic (exact) mass is 376 g/mol. The van der Waals surface area contributed by atoms with E-state index in [1.54, 1.807) is 12.1 Å². The lowest BCUT2D eigenvalue weighted by atomic mass is 10.2. The number of thiazole rings is 1. The third kappa shape index (κ3) is 3.89. The molecule has 128 valence electrons. The highest BCUT2D eigenvalue weighted by molar-refractivity contribution is 7.13. The van der Waals surface area contributed by atoms with Crippen LogP contribution in [0, 0.1) is 10.1 Å². The SMILES string of the molecule is COc1ccc(OCc2csc(-c3ccccc3Cl)n2)c([N+](=O)[O-])c1. The van der Waals surface area contributed by atoms with E-state index in [4.69, 9.17) is 21.1 Å². The number of halogens is 1. The summed E-state index contributed by atoms with van der Waals surface area (Å²) in [7, 11) is 1.45. The highest BCUT2D eigenvalue weighted by atomic mass is 35.5. The van der Waals surface area contributed by atoms with Crippen molar-refractivity contribution >= 4 is 28.6 Å². The molecule has 0 spiro atoms. The van der Waals surface area contributed by atoms with E-state index in [1.165, 1.54) is 30.6 Å². The average Bonchev–Trinajstić information content (AvgIpc) is 3.09. The summed E-state index contributed by atoms with van der Waals surface area (Å²) in [5.41, 5.74) is 1.36. The predicted molar refractivity (Wildman–Crippen MR) is 96.5 cm³/mol. The van der Waals surface area contributed by atoms with E-state index in [2.05, 4.69) is 4.98 Å².